The zero-order valence-electron chi connectivity index (χ0n) is 18.8. The summed E-state index contributed by atoms with van der Waals surface area (Å²) in [5, 5.41) is 15.4. The van der Waals surface area contributed by atoms with Crippen molar-refractivity contribution < 1.29 is 19.4 Å². The molecular weight excluding hydrogens is 432 g/mol. The average molecular weight is 461 g/mol. The van der Waals surface area contributed by atoms with E-state index in [1.807, 2.05) is 30.3 Å². The summed E-state index contributed by atoms with van der Waals surface area (Å²) in [6.07, 6.45) is 1.99. The Morgan fingerprint density at radius 1 is 1.12 bits per heavy atom. The van der Waals surface area contributed by atoms with Gasteiger partial charge in [0.05, 0.1) is 18.2 Å². The maximum absolute atomic E-state index is 13.2. The fraction of sp³-hybridized carbons (Fsp3) is 0.269. The molecule has 0 saturated carbocycles. The molecule has 0 radical (unpaired) electrons. The highest BCUT2D eigenvalue weighted by atomic mass is 16.5. The number of aromatic nitrogens is 1. The second kappa shape index (κ2) is 10.9. The van der Waals surface area contributed by atoms with Gasteiger partial charge in [0.15, 0.2) is 0 Å². The van der Waals surface area contributed by atoms with Crippen LogP contribution in [0.3, 0.4) is 0 Å². The number of para-hydroxylation sites is 1. The van der Waals surface area contributed by atoms with E-state index >= 15 is 0 Å². The Balaban J connectivity index is 1.64. The Morgan fingerprint density at radius 3 is 2.74 bits per heavy atom. The van der Waals surface area contributed by atoms with Crippen LogP contribution >= 0.6 is 0 Å². The molecule has 8 nitrogen and oxygen atoms in total. The number of carboxylic acids is 1. The molecule has 1 fully saturated rings. The van der Waals surface area contributed by atoms with Crippen LogP contribution in [-0.4, -0.2) is 41.2 Å². The predicted octanol–water partition coefficient (Wildman–Crippen LogP) is 3.68. The first-order valence-electron chi connectivity index (χ1n) is 11.3. The number of hydrogen-bond donors (Lipinski definition) is 4. The molecule has 1 saturated heterocycles. The van der Waals surface area contributed by atoms with E-state index in [0.717, 1.165) is 36.3 Å². The van der Waals surface area contributed by atoms with Crippen LogP contribution in [0.4, 0.5) is 11.4 Å². The first-order chi connectivity index (χ1) is 16.5. The van der Waals surface area contributed by atoms with Gasteiger partial charge in [0.25, 0.3) is 5.91 Å². The molecule has 1 aliphatic heterocycles. The topological polar surface area (TPSA) is 127 Å². The maximum Gasteiger partial charge on any atom is 0.307 e. The van der Waals surface area contributed by atoms with Crippen LogP contribution < -0.4 is 16.4 Å². The number of nitrogens with two attached hydrogens (primary N) is 1. The number of carboxylic acid groups (broad SMARTS) is 1. The van der Waals surface area contributed by atoms with E-state index in [1.165, 1.54) is 0 Å². The highest BCUT2D eigenvalue weighted by Gasteiger charge is 2.18. The van der Waals surface area contributed by atoms with Crippen molar-refractivity contribution in [2.24, 2.45) is 5.73 Å². The first-order valence-corrected chi connectivity index (χ1v) is 11.3. The van der Waals surface area contributed by atoms with Crippen molar-refractivity contribution in [3.63, 3.8) is 0 Å². The first kappa shape index (κ1) is 23.4. The van der Waals surface area contributed by atoms with E-state index in [0.29, 0.717) is 30.0 Å². The van der Waals surface area contributed by atoms with Crippen molar-refractivity contribution in [2.45, 2.75) is 31.9 Å². The molecule has 5 N–H and O–H groups in total. The second-order valence-electron chi connectivity index (χ2n) is 8.23. The normalized spacial score (nSPS) is 15.1. The van der Waals surface area contributed by atoms with E-state index in [4.69, 9.17) is 10.5 Å². The Labute approximate surface area is 198 Å². The van der Waals surface area contributed by atoms with E-state index in [2.05, 4.69) is 15.6 Å². The van der Waals surface area contributed by atoms with Crippen molar-refractivity contribution in [2.75, 3.05) is 23.8 Å². The number of amides is 1. The SMILES string of the molecule is NCc1cccc(-c2cc(NC[C@@H]3CCCO3)cc(C(=O)Nc3ccccc3CC(=O)O)n2)c1. The predicted molar refractivity (Wildman–Crippen MR) is 131 cm³/mol. The molecule has 4 rings (SSSR count). The van der Waals surface area contributed by atoms with Crippen molar-refractivity contribution in [1.82, 2.24) is 4.98 Å². The highest BCUT2D eigenvalue weighted by molar-refractivity contribution is 6.04. The molecule has 0 spiro atoms. The minimum atomic E-state index is -0.970. The van der Waals surface area contributed by atoms with Gasteiger partial charge < -0.3 is 26.2 Å². The number of anilines is 2. The van der Waals surface area contributed by atoms with Gasteiger partial charge in [-0.25, -0.2) is 4.98 Å². The third-order valence-corrected chi connectivity index (χ3v) is 5.68. The van der Waals surface area contributed by atoms with E-state index in [1.54, 1.807) is 30.3 Å². The van der Waals surface area contributed by atoms with Crippen molar-refractivity contribution >= 4 is 23.3 Å². The molecule has 2 heterocycles. The molecule has 0 unspecified atom stereocenters. The van der Waals surface area contributed by atoms with Crippen LogP contribution in [0.1, 0.15) is 34.5 Å². The zero-order valence-corrected chi connectivity index (χ0v) is 18.8. The van der Waals surface area contributed by atoms with Crippen molar-refractivity contribution in [3.05, 3.63) is 77.5 Å². The molecule has 8 heteroatoms. The Morgan fingerprint density at radius 2 is 1.97 bits per heavy atom. The molecular formula is C26H28N4O4. The Kier molecular flexibility index (Phi) is 7.51. The van der Waals surface area contributed by atoms with Gasteiger partial charge in [-0.1, -0.05) is 36.4 Å². The number of rotatable bonds is 9. The maximum atomic E-state index is 13.2. The molecule has 2 aromatic carbocycles. The molecule has 176 valence electrons. The quantitative estimate of drug-likeness (QED) is 0.384. The summed E-state index contributed by atoms with van der Waals surface area (Å²) in [6.45, 7) is 1.80. The molecule has 1 amide bonds. The summed E-state index contributed by atoms with van der Waals surface area (Å²) in [5.41, 5.74) is 10.2. The number of carbonyl (C=O) groups is 2. The summed E-state index contributed by atoms with van der Waals surface area (Å²) in [7, 11) is 0. The molecule has 0 bridgehead atoms. The summed E-state index contributed by atoms with van der Waals surface area (Å²) in [5.74, 6) is -1.39. The van der Waals surface area contributed by atoms with E-state index < -0.39 is 11.9 Å². The standard InChI is InChI=1S/C26H28N4O4/c27-15-17-5-3-7-18(11-17)23-13-20(28-16-21-8-4-10-34-21)14-24(29-23)26(33)30-22-9-2-1-6-19(22)12-25(31)32/h1-3,5-7,9,11,13-14,21H,4,8,10,12,15-16,27H2,(H,28,29)(H,30,33)(H,31,32)/t21-/m0/s1. The fourth-order valence-electron chi connectivity index (χ4n) is 3.94. The smallest absolute Gasteiger partial charge is 0.307 e. The second-order valence-corrected chi connectivity index (χ2v) is 8.23. The summed E-state index contributed by atoms with van der Waals surface area (Å²) in [6, 6.07) is 18.2. The lowest BCUT2D eigenvalue weighted by atomic mass is 10.1. The largest absolute Gasteiger partial charge is 0.481 e. The minimum Gasteiger partial charge on any atom is -0.481 e. The molecule has 3 aromatic rings. The van der Waals surface area contributed by atoms with Crippen molar-refractivity contribution in [1.29, 1.82) is 0 Å². The van der Waals surface area contributed by atoms with Crippen LogP contribution in [0.5, 0.6) is 0 Å². The number of ether oxygens (including phenoxy) is 1. The van der Waals surface area contributed by atoms with Gasteiger partial charge in [-0.3, -0.25) is 9.59 Å². The van der Waals surface area contributed by atoms with E-state index in [9.17, 15) is 14.7 Å². The number of carbonyl (C=O) groups excluding carboxylic acids is 1. The number of benzene rings is 2. The summed E-state index contributed by atoms with van der Waals surface area (Å²) >= 11 is 0. The summed E-state index contributed by atoms with van der Waals surface area (Å²) < 4.78 is 5.70. The number of nitrogens with zero attached hydrogens (tertiary/aromatic N) is 1. The van der Waals surface area contributed by atoms with Gasteiger partial charge in [-0.2, -0.15) is 0 Å². The number of pyridine rings is 1. The average Bonchev–Trinajstić information content (AvgIpc) is 3.37. The number of hydrogen-bond acceptors (Lipinski definition) is 6. The van der Waals surface area contributed by atoms with Gasteiger partial charge in [-0.15, -0.1) is 0 Å². The Bertz CT molecular complexity index is 1170. The van der Waals surface area contributed by atoms with Gasteiger partial charge >= 0.3 is 5.97 Å². The van der Waals surface area contributed by atoms with Crippen LogP contribution in [-0.2, 0) is 22.5 Å². The molecule has 34 heavy (non-hydrogen) atoms. The lowest BCUT2D eigenvalue weighted by molar-refractivity contribution is -0.136. The third kappa shape index (κ3) is 5.98. The van der Waals surface area contributed by atoms with Crippen LogP contribution in [0.25, 0.3) is 11.3 Å². The zero-order chi connectivity index (χ0) is 23.9. The monoisotopic (exact) mass is 460 g/mol. The van der Waals surface area contributed by atoms with Gasteiger partial charge in [0.2, 0.25) is 0 Å². The number of aliphatic carboxylic acids is 1. The lowest BCUT2D eigenvalue weighted by Crippen LogP contribution is -2.20. The van der Waals surface area contributed by atoms with Crippen LogP contribution in [0, 0.1) is 0 Å². The third-order valence-electron chi connectivity index (χ3n) is 5.68. The van der Waals surface area contributed by atoms with Gasteiger partial charge in [0, 0.05) is 36.6 Å². The highest BCUT2D eigenvalue weighted by Crippen LogP contribution is 2.25. The van der Waals surface area contributed by atoms with E-state index in [-0.39, 0.29) is 18.2 Å². The molecule has 1 aromatic heterocycles. The lowest BCUT2D eigenvalue weighted by Gasteiger charge is -2.15. The molecule has 1 aliphatic rings. The van der Waals surface area contributed by atoms with Gasteiger partial charge in [-0.05, 0) is 48.2 Å². The van der Waals surface area contributed by atoms with Crippen LogP contribution in [0.2, 0.25) is 0 Å². The molecule has 1 atom stereocenters. The number of nitrogens with one attached hydrogen (secondary N) is 2. The van der Waals surface area contributed by atoms with Gasteiger partial charge in [0.1, 0.15) is 5.69 Å². The molecule has 0 aliphatic carbocycles. The Hall–Kier alpha value is -3.75. The van der Waals surface area contributed by atoms with Crippen LogP contribution in [0.15, 0.2) is 60.7 Å². The fourth-order valence-corrected chi connectivity index (χ4v) is 3.94. The minimum absolute atomic E-state index is 0.136. The summed E-state index contributed by atoms with van der Waals surface area (Å²) in [4.78, 5) is 29.0. The van der Waals surface area contributed by atoms with Crippen molar-refractivity contribution in [3.8, 4) is 11.3 Å².